The van der Waals surface area contributed by atoms with Gasteiger partial charge in [0.15, 0.2) is 0 Å². The second-order valence-electron chi connectivity index (χ2n) is 10.6. The number of likely N-dealkylation sites (tertiary alicyclic amines) is 1. The van der Waals surface area contributed by atoms with Crippen LogP contribution in [0, 0.1) is 5.92 Å². The zero-order valence-corrected chi connectivity index (χ0v) is 20.7. The summed E-state index contributed by atoms with van der Waals surface area (Å²) in [5.74, 6) is 0.874. The topological polar surface area (TPSA) is 33.1 Å². The van der Waals surface area contributed by atoms with E-state index in [2.05, 4.69) is 51.4 Å². The summed E-state index contributed by atoms with van der Waals surface area (Å²) in [5.41, 5.74) is 2.90. The van der Waals surface area contributed by atoms with E-state index in [1.54, 1.807) is 0 Å². The number of piperidine rings is 1. The highest BCUT2D eigenvalue weighted by molar-refractivity contribution is 7.15. The Morgan fingerprint density at radius 3 is 2.64 bits per heavy atom. The van der Waals surface area contributed by atoms with Crippen LogP contribution >= 0.6 is 11.3 Å². The molecule has 1 aliphatic carbocycles. The van der Waals surface area contributed by atoms with Crippen molar-refractivity contribution < 1.29 is 0 Å². The standard InChI is InChI=1S/C28H38N4S/c1-2-12-28(13-3-1,32-16-4-5-17-32)26-21-30-27(33-26)24-6-7-25-23(20-24)11-19-31(25)18-10-22-8-14-29-15-9-22/h6-7,11,19-22,29H,1-5,8-10,12-18H2. The first-order valence-electron chi connectivity index (χ1n) is 13.3. The number of aryl methyl sites for hydroxylation is 1. The van der Waals surface area contributed by atoms with E-state index in [9.17, 15) is 0 Å². The molecule has 2 aliphatic heterocycles. The molecule has 0 atom stereocenters. The maximum Gasteiger partial charge on any atom is 0.123 e. The average molecular weight is 463 g/mol. The number of aromatic nitrogens is 2. The van der Waals surface area contributed by atoms with E-state index >= 15 is 0 Å². The molecule has 4 heterocycles. The molecule has 0 amide bonds. The number of nitrogens with zero attached hydrogens (tertiary/aromatic N) is 3. The van der Waals surface area contributed by atoms with Gasteiger partial charge in [-0.05, 0) is 101 Å². The van der Waals surface area contributed by atoms with Gasteiger partial charge in [0.05, 0.1) is 5.54 Å². The van der Waals surface area contributed by atoms with Crippen molar-refractivity contribution >= 4 is 22.2 Å². The summed E-state index contributed by atoms with van der Waals surface area (Å²) in [4.78, 5) is 9.28. The van der Waals surface area contributed by atoms with E-state index in [0.717, 1.165) is 12.5 Å². The van der Waals surface area contributed by atoms with Crippen LogP contribution in [-0.2, 0) is 12.1 Å². The summed E-state index contributed by atoms with van der Waals surface area (Å²) >= 11 is 1.96. The maximum absolute atomic E-state index is 4.97. The van der Waals surface area contributed by atoms with Crippen molar-refractivity contribution in [3.8, 4) is 10.6 Å². The highest BCUT2D eigenvalue weighted by Gasteiger charge is 2.42. The molecule has 33 heavy (non-hydrogen) atoms. The third-order valence-electron chi connectivity index (χ3n) is 8.61. The summed E-state index contributed by atoms with van der Waals surface area (Å²) in [6, 6.07) is 9.28. The van der Waals surface area contributed by atoms with Crippen LogP contribution in [0.25, 0.3) is 21.5 Å². The van der Waals surface area contributed by atoms with Crippen molar-refractivity contribution in [2.45, 2.75) is 76.3 Å². The second kappa shape index (κ2) is 9.52. The predicted octanol–water partition coefficient (Wildman–Crippen LogP) is 6.41. The minimum atomic E-state index is 0.257. The minimum Gasteiger partial charge on any atom is -0.347 e. The number of rotatable bonds is 6. The molecule has 0 radical (unpaired) electrons. The summed E-state index contributed by atoms with van der Waals surface area (Å²) in [5, 5.41) is 6.03. The molecule has 1 aromatic carbocycles. The highest BCUT2D eigenvalue weighted by Crippen LogP contribution is 2.47. The molecule has 1 N–H and O–H groups in total. The van der Waals surface area contributed by atoms with Crippen LogP contribution in [0.2, 0.25) is 0 Å². The molecule has 0 unspecified atom stereocenters. The van der Waals surface area contributed by atoms with Crippen LogP contribution in [0.4, 0.5) is 0 Å². The quantitative estimate of drug-likeness (QED) is 0.459. The molecule has 2 aromatic heterocycles. The smallest absolute Gasteiger partial charge is 0.123 e. The molecular weight excluding hydrogens is 424 g/mol. The van der Waals surface area contributed by atoms with E-state index in [-0.39, 0.29) is 5.54 Å². The Morgan fingerprint density at radius 2 is 1.82 bits per heavy atom. The predicted molar refractivity (Wildman–Crippen MR) is 139 cm³/mol. The first kappa shape index (κ1) is 21.8. The largest absolute Gasteiger partial charge is 0.347 e. The minimum absolute atomic E-state index is 0.257. The fourth-order valence-electron chi connectivity index (χ4n) is 6.64. The van der Waals surface area contributed by atoms with Crippen molar-refractivity contribution in [3.05, 3.63) is 41.5 Å². The Balaban J connectivity index is 1.22. The lowest BCUT2D eigenvalue weighted by Crippen LogP contribution is -2.45. The lowest BCUT2D eigenvalue weighted by molar-refractivity contribution is 0.0739. The van der Waals surface area contributed by atoms with Crippen molar-refractivity contribution in [1.82, 2.24) is 19.8 Å². The fraction of sp³-hybridized carbons (Fsp3) is 0.607. The molecule has 3 aromatic rings. The maximum atomic E-state index is 4.97. The fourth-order valence-corrected chi connectivity index (χ4v) is 7.83. The van der Waals surface area contributed by atoms with Crippen LogP contribution in [0.1, 0.15) is 69.1 Å². The molecule has 3 fully saturated rings. The molecule has 0 bridgehead atoms. The number of nitrogens with one attached hydrogen (secondary N) is 1. The van der Waals surface area contributed by atoms with E-state index in [1.807, 2.05) is 11.3 Å². The monoisotopic (exact) mass is 462 g/mol. The Morgan fingerprint density at radius 1 is 1.00 bits per heavy atom. The Labute approximate surface area is 202 Å². The van der Waals surface area contributed by atoms with Crippen molar-refractivity contribution in [1.29, 1.82) is 0 Å². The number of thiazole rings is 1. The molecule has 6 rings (SSSR count). The lowest BCUT2D eigenvalue weighted by Gasteiger charge is -2.44. The van der Waals surface area contributed by atoms with Gasteiger partial charge in [0.1, 0.15) is 5.01 Å². The van der Waals surface area contributed by atoms with Crippen molar-refractivity contribution in [2.75, 3.05) is 26.2 Å². The van der Waals surface area contributed by atoms with Crippen LogP contribution in [-0.4, -0.2) is 40.6 Å². The SMILES string of the molecule is c1cc2c(ccn2CCC2CCNCC2)cc1-c1ncc(C2(N3CCCC3)CCCCC2)s1. The van der Waals surface area contributed by atoms with Gasteiger partial charge in [0.2, 0.25) is 0 Å². The van der Waals surface area contributed by atoms with Gasteiger partial charge >= 0.3 is 0 Å². The molecule has 3 aliphatic rings. The normalized spacial score (nSPS) is 22.3. The number of hydrogen-bond acceptors (Lipinski definition) is 4. The van der Waals surface area contributed by atoms with Crippen LogP contribution in [0.3, 0.4) is 0 Å². The van der Waals surface area contributed by atoms with Gasteiger partial charge in [-0.2, -0.15) is 0 Å². The molecule has 2 saturated heterocycles. The highest BCUT2D eigenvalue weighted by atomic mass is 32.1. The van der Waals surface area contributed by atoms with Gasteiger partial charge in [-0.25, -0.2) is 4.98 Å². The summed E-state index contributed by atoms with van der Waals surface area (Å²) < 4.78 is 2.46. The van der Waals surface area contributed by atoms with Gasteiger partial charge in [-0.3, -0.25) is 4.90 Å². The lowest BCUT2D eigenvalue weighted by atomic mass is 9.79. The van der Waals surface area contributed by atoms with E-state index < -0.39 is 0 Å². The van der Waals surface area contributed by atoms with Gasteiger partial charge in [0, 0.05) is 40.3 Å². The van der Waals surface area contributed by atoms with E-state index in [1.165, 1.54) is 117 Å². The zero-order valence-electron chi connectivity index (χ0n) is 19.9. The molecule has 1 saturated carbocycles. The second-order valence-corrected chi connectivity index (χ2v) is 11.6. The summed E-state index contributed by atoms with van der Waals surface area (Å²) in [7, 11) is 0. The molecule has 0 spiro atoms. The van der Waals surface area contributed by atoms with Crippen molar-refractivity contribution in [2.24, 2.45) is 5.92 Å². The molecule has 176 valence electrons. The zero-order chi connectivity index (χ0) is 22.1. The Hall–Kier alpha value is -1.69. The molecular formula is C28H38N4S. The number of benzene rings is 1. The van der Waals surface area contributed by atoms with Gasteiger partial charge in [-0.1, -0.05) is 19.3 Å². The Kier molecular flexibility index (Phi) is 6.29. The van der Waals surface area contributed by atoms with Crippen LogP contribution in [0.15, 0.2) is 36.7 Å². The van der Waals surface area contributed by atoms with Gasteiger partial charge in [0.25, 0.3) is 0 Å². The first-order valence-corrected chi connectivity index (χ1v) is 14.1. The molecule has 4 nitrogen and oxygen atoms in total. The summed E-state index contributed by atoms with van der Waals surface area (Å²) in [6.45, 7) is 6.05. The first-order chi connectivity index (χ1) is 16.3. The van der Waals surface area contributed by atoms with Crippen LogP contribution in [0.5, 0.6) is 0 Å². The number of fused-ring (bicyclic) bond motifs is 1. The van der Waals surface area contributed by atoms with Crippen molar-refractivity contribution in [3.63, 3.8) is 0 Å². The van der Waals surface area contributed by atoms with Gasteiger partial charge in [-0.15, -0.1) is 11.3 Å². The third-order valence-corrected chi connectivity index (χ3v) is 9.85. The average Bonchev–Trinajstić information content (AvgIpc) is 3.65. The van der Waals surface area contributed by atoms with Crippen LogP contribution < -0.4 is 5.32 Å². The van der Waals surface area contributed by atoms with Gasteiger partial charge < -0.3 is 9.88 Å². The van der Waals surface area contributed by atoms with E-state index in [4.69, 9.17) is 4.98 Å². The summed E-state index contributed by atoms with van der Waals surface area (Å²) in [6.07, 6.45) is 17.9. The molecule has 5 heteroatoms. The third kappa shape index (κ3) is 4.28. The Bertz CT molecular complexity index is 1060. The van der Waals surface area contributed by atoms with E-state index in [0.29, 0.717) is 0 Å². The number of hydrogen-bond donors (Lipinski definition) is 1.